The van der Waals surface area contributed by atoms with Gasteiger partial charge in [-0.05, 0) is 36.4 Å². The quantitative estimate of drug-likeness (QED) is 0.407. The first kappa shape index (κ1) is 18.9. The van der Waals surface area contributed by atoms with E-state index in [1.165, 1.54) is 12.2 Å². The Labute approximate surface area is 149 Å². The Bertz CT molecular complexity index is 810. The molecule has 0 aliphatic rings. The van der Waals surface area contributed by atoms with Crippen LogP contribution in [-0.2, 0) is 6.18 Å². The summed E-state index contributed by atoms with van der Waals surface area (Å²) in [6, 6.07) is 5.93. The van der Waals surface area contributed by atoms with E-state index in [2.05, 4.69) is 20.9 Å². The van der Waals surface area contributed by atoms with E-state index in [1.54, 1.807) is 18.2 Å². The maximum atomic E-state index is 12.8. The number of nitrogens with one attached hydrogen (secondary N) is 1. The number of anilines is 1. The normalized spacial score (nSPS) is 11.6. The lowest BCUT2D eigenvalue weighted by Crippen LogP contribution is -2.47. The molecule has 0 aliphatic heterocycles. The van der Waals surface area contributed by atoms with E-state index in [4.69, 9.17) is 11.7 Å². The molecule has 0 aliphatic carbocycles. The first-order valence-electron chi connectivity index (χ1n) is 6.79. The number of hydrogen-bond donors (Lipinski definition) is 3. The SMILES string of the molecule is NNC(=O)N(N)c1cccc(Br)c1/C=C/c1cc(C(F)(F)F)ccn1. The third-order valence-corrected chi connectivity index (χ3v) is 3.85. The number of halogens is 4. The van der Waals surface area contributed by atoms with Crippen LogP contribution in [0.5, 0.6) is 0 Å². The third-order valence-electron chi connectivity index (χ3n) is 3.16. The molecule has 5 N–H and O–H groups in total. The maximum Gasteiger partial charge on any atom is 0.416 e. The zero-order chi connectivity index (χ0) is 18.6. The maximum absolute atomic E-state index is 12.8. The van der Waals surface area contributed by atoms with Crippen molar-refractivity contribution in [2.75, 3.05) is 5.01 Å². The summed E-state index contributed by atoms with van der Waals surface area (Å²) in [6.07, 6.45) is -0.517. The van der Waals surface area contributed by atoms with Crippen molar-refractivity contribution in [2.24, 2.45) is 11.7 Å². The standard InChI is InChI=1S/C15H13BrF3N5O/c16-12-2-1-3-13(24(21)14(25)23-20)11(12)5-4-10-8-9(6-7-22-10)15(17,18)19/h1-8H,20-21H2,(H,23,25)/b5-4+. The van der Waals surface area contributed by atoms with Crippen molar-refractivity contribution >= 4 is 39.8 Å². The van der Waals surface area contributed by atoms with Crippen LogP contribution >= 0.6 is 15.9 Å². The van der Waals surface area contributed by atoms with E-state index in [0.717, 1.165) is 23.3 Å². The molecule has 0 radical (unpaired) electrons. The number of hydrogen-bond acceptors (Lipinski definition) is 4. The molecule has 2 amide bonds. The molecular weight excluding hydrogens is 403 g/mol. The number of carbonyl (C=O) groups excluding carboxylic acids is 1. The highest BCUT2D eigenvalue weighted by molar-refractivity contribution is 9.10. The minimum Gasteiger partial charge on any atom is -0.274 e. The Morgan fingerprint density at radius 2 is 2.00 bits per heavy atom. The average Bonchev–Trinajstić information content (AvgIpc) is 2.58. The van der Waals surface area contributed by atoms with Gasteiger partial charge in [0.1, 0.15) is 0 Å². The smallest absolute Gasteiger partial charge is 0.274 e. The lowest BCUT2D eigenvalue weighted by atomic mass is 10.1. The van der Waals surface area contributed by atoms with Gasteiger partial charge in [0.2, 0.25) is 0 Å². The number of nitrogens with two attached hydrogens (primary N) is 2. The number of urea groups is 1. The van der Waals surface area contributed by atoms with Crippen molar-refractivity contribution in [1.82, 2.24) is 10.4 Å². The summed E-state index contributed by atoms with van der Waals surface area (Å²) < 4.78 is 38.8. The summed E-state index contributed by atoms with van der Waals surface area (Å²) >= 11 is 3.31. The number of pyridine rings is 1. The lowest BCUT2D eigenvalue weighted by Gasteiger charge is -2.18. The number of carbonyl (C=O) groups is 1. The van der Waals surface area contributed by atoms with Gasteiger partial charge in [-0.25, -0.2) is 21.5 Å². The summed E-state index contributed by atoms with van der Waals surface area (Å²) in [4.78, 5) is 15.5. The van der Waals surface area contributed by atoms with Gasteiger partial charge >= 0.3 is 12.2 Å². The number of alkyl halides is 3. The largest absolute Gasteiger partial charge is 0.416 e. The first-order valence-corrected chi connectivity index (χ1v) is 7.58. The van der Waals surface area contributed by atoms with Crippen LogP contribution in [0.1, 0.15) is 16.8 Å². The van der Waals surface area contributed by atoms with E-state index in [1.807, 2.05) is 5.43 Å². The lowest BCUT2D eigenvalue weighted by molar-refractivity contribution is -0.137. The molecule has 132 valence electrons. The zero-order valence-electron chi connectivity index (χ0n) is 12.6. The van der Waals surface area contributed by atoms with Crippen molar-refractivity contribution in [2.45, 2.75) is 6.18 Å². The molecule has 1 aromatic carbocycles. The number of hydrazine groups is 2. The Balaban J connectivity index is 2.40. The molecule has 0 unspecified atom stereocenters. The molecule has 6 nitrogen and oxygen atoms in total. The van der Waals surface area contributed by atoms with E-state index in [0.29, 0.717) is 15.7 Å². The van der Waals surface area contributed by atoms with Gasteiger partial charge in [0.15, 0.2) is 0 Å². The second kappa shape index (κ2) is 7.64. The van der Waals surface area contributed by atoms with Crippen LogP contribution in [0.25, 0.3) is 12.2 Å². The molecule has 10 heteroatoms. The summed E-state index contributed by atoms with van der Waals surface area (Å²) in [5.74, 6) is 10.7. The monoisotopic (exact) mass is 415 g/mol. The van der Waals surface area contributed by atoms with Crippen molar-refractivity contribution in [1.29, 1.82) is 0 Å². The fourth-order valence-electron chi connectivity index (χ4n) is 1.96. The Morgan fingerprint density at radius 3 is 2.64 bits per heavy atom. The minimum absolute atomic E-state index is 0.100. The molecule has 0 bridgehead atoms. The number of rotatable bonds is 3. The number of aromatic nitrogens is 1. The third kappa shape index (κ3) is 4.56. The Kier molecular flexibility index (Phi) is 5.77. The van der Waals surface area contributed by atoms with E-state index in [9.17, 15) is 18.0 Å². The summed E-state index contributed by atoms with van der Waals surface area (Å²) in [7, 11) is 0. The predicted octanol–water partition coefficient (Wildman–Crippen LogP) is 3.30. The van der Waals surface area contributed by atoms with Gasteiger partial charge in [0.05, 0.1) is 16.9 Å². The topological polar surface area (TPSA) is 97.3 Å². The van der Waals surface area contributed by atoms with Crippen LogP contribution in [0.2, 0.25) is 0 Å². The average molecular weight is 416 g/mol. The highest BCUT2D eigenvalue weighted by Crippen LogP contribution is 2.31. The summed E-state index contributed by atoms with van der Waals surface area (Å²) in [6.45, 7) is 0. The molecule has 0 fully saturated rings. The van der Waals surface area contributed by atoms with E-state index in [-0.39, 0.29) is 5.69 Å². The molecule has 0 atom stereocenters. The van der Waals surface area contributed by atoms with Gasteiger partial charge in [-0.2, -0.15) is 13.2 Å². The molecule has 2 aromatic rings. The van der Waals surface area contributed by atoms with E-state index < -0.39 is 17.8 Å². The second-order valence-electron chi connectivity index (χ2n) is 4.79. The van der Waals surface area contributed by atoms with Gasteiger partial charge in [-0.1, -0.05) is 22.0 Å². The highest BCUT2D eigenvalue weighted by Gasteiger charge is 2.30. The van der Waals surface area contributed by atoms with Crippen LogP contribution in [0.4, 0.5) is 23.7 Å². The summed E-state index contributed by atoms with van der Waals surface area (Å²) in [5, 5.41) is 0.782. The van der Waals surface area contributed by atoms with Crippen molar-refractivity contribution in [3.8, 4) is 0 Å². The molecular formula is C15H13BrF3N5O. The van der Waals surface area contributed by atoms with Crippen molar-refractivity contribution in [3.63, 3.8) is 0 Å². The van der Waals surface area contributed by atoms with Crippen LogP contribution < -0.4 is 22.1 Å². The van der Waals surface area contributed by atoms with Crippen LogP contribution in [0.3, 0.4) is 0 Å². The van der Waals surface area contributed by atoms with Crippen LogP contribution in [0, 0.1) is 0 Å². The molecule has 2 rings (SSSR count). The molecule has 0 spiro atoms. The molecule has 25 heavy (non-hydrogen) atoms. The van der Waals surface area contributed by atoms with Crippen molar-refractivity contribution < 1.29 is 18.0 Å². The van der Waals surface area contributed by atoms with Gasteiger partial charge in [-0.15, -0.1) is 0 Å². The Morgan fingerprint density at radius 1 is 1.28 bits per heavy atom. The number of benzene rings is 1. The molecule has 0 saturated carbocycles. The fraction of sp³-hybridized carbons (Fsp3) is 0.0667. The number of nitrogens with zero attached hydrogens (tertiary/aromatic N) is 2. The van der Waals surface area contributed by atoms with Gasteiger partial charge in [0.25, 0.3) is 0 Å². The van der Waals surface area contributed by atoms with Gasteiger partial charge in [-0.3, -0.25) is 10.4 Å². The highest BCUT2D eigenvalue weighted by atomic mass is 79.9. The Hall–Kier alpha value is -2.43. The predicted molar refractivity (Wildman–Crippen MR) is 91.7 cm³/mol. The zero-order valence-corrected chi connectivity index (χ0v) is 14.2. The van der Waals surface area contributed by atoms with Crippen molar-refractivity contribution in [3.05, 3.63) is 57.8 Å². The first-order chi connectivity index (χ1) is 11.7. The van der Waals surface area contributed by atoms with Crippen LogP contribution in [-0.4, -0.2) is 11.0 Å². The molecule has 1 heterocycles. The summed E-state index contributed by atoms with van der Waals surface area (Å²) in [5.41, 5.74) is 1.94. The molecule has 0 saturated heterocycles. The second-order valence-corrected chi connectivity index (χ2v) is 5.65. The van der Waals surface area contributed by atoms with E-state index >= 15 is 0 Å². The van der Waals surface area contributed by atoms with Crippen LogP contribution in [0.15, 0.2) is 41.0 Å². The van der Waals surface area contributed by atoms with Gasteiger partial charge < -0.3 is 0 Å². The molecule has 1 aromatic heterocycles. The van der Waals surface area contributed by atoms with Gasteiger partial charge in [0, 0.05) is 16.2 Å². The number of amides is 2. The fourth-order valence-corrected chi connectivity index (χ4v) is 2.45. The minimum atomic E-state index is -4.46.